The van der Waals surface area contributed by atoms with Gasteiger partial charge < -0.3 is 14.2 Å². The van der Waals surface area contributed by atoms with E-state index in [1.165, 1.54) is 14.2 Å². The van der Waals surface area contributed by atoms with E-state index < -0.39 is 18.4 Å². The number of alkyl halides is 3. The first kappa shape index (κ1) is 17.3. The Labute approximate surface area is 126 Å². The molecule has 0 amide bonds. The molecule has 0 saturated heterocycles. The molecule has 114 valence electrons. The fourth-order valence-corrected chi connectivity index (χ4v) is 2.24. The van der Waals surface area contributed by atoms with Crippen molar-refractivity contribution in [3.63, 3.8) is 0 Å². The second-order valence-corrected chi connectivity index (χ2v) is 4.88. The molecule has 0 aliphatic carbocycles. The van der Waals surface area contributed by atoms with Gasteiger partial charge in [-0.2, -0.15) is 0 Å². The Balaban J connectivity index is 2.69. The molecule has 0 radical (unpaired) electrons. The Morgan fingerprint density at radius 1 is 1.15 bits per heavy atom. The molecule has 1 rings (SSSR count). The summed E-state index contributed by atoms with van der Waals surface area (Å²) in [7, 11) is 3.01. The highest BCUT2D eigenvalue weighted by Crippen LogP contribution is 2.38. The zero-order valence-electron chi connectivity index (χ0n) is 11.2. The maximum Gasteiger partial charge on any atom is 0.261 e. The molecular weight excluding hydrogens is 313 g/mol. The van der Waals surface area contributed by atoms with Crippen molar-refractivity contribution in [2.24, 2.45) is 0 Å². The van der Waals surface area contributed by atoms with Crippen molar-refractivity contribution < 1.29 is 23.0 Å². The SMILES string of the molecule is COc1cc(Cl)c(C(Cl)CCOCC(F)F)cc1OC. The zero-order valence-corrected chi connectivity index (χ0v) is 12.7. The van der Waals surface area contributed by atoms with Crippen LogP contribution in [0.3, 0.4) is 0 Å². The minimum Gasteiger partial charge on any atom is -0.493 e. The van der Waals surface area contributed by atoms with Gasteiger partial charge in [-0.05, 0) is 18.1 Å². The Kier molecular flexibility index (Phi) is 7.34. The zero-order chi connectivity index (χ0) is 15.1. The van der Waals surface area contributed by atoms with E-state index in [1.54, 1.807) is 12.1 Å². The molecule has 0 aliphatic heterocycles. The van der Waals surface area contributed by atoms with Crippen molar-refractivity contribution in [1.29, 1.82) is 0 Å². The molecule has 0 N–H and O–H groups in total. The Bertz CT molecular complexity index is 430. The highest BCUT2D eigenvalue weighted by atomic mass is 35.5. The van der Waals surface area contributed by atoms with Crippen molar-refractivity contribution in [2.45, 2.75) is 18.2 Å². The van der Waals surface area contributed by atoms with Crippen molar-refractivity contribution in [1.82, 2.24) is 0 Å². The lowest BCUT2D eigenvalue weighted by atomic mass is 10.1. The van der Waals surface area contributed by atoms with Crippen LogP contribution in [0.4, 0.5) is 8.78 Å². The van der Waals surface area contributed by atoms with Gasteiger partial charge in [0, 0.05) is 17.7 Å². The van der Waals surface area contributed by atoms with Crippen LogP contribution in [0.5, 0.6) is 11.5 Å². The first-order valence-corrected chi connectivity index (χ1v) is 6.72. The molecule has 0 heterocycles. The molecule has 0 fully saturated rings. The van der Waals surface area contributed by atoms with Crippen LogP contribution in [-0.2, 0) is 4.74 Å². The van der Waals surface area contributed by atoms with Gasteiger partial charge in [0.1, 0.15) is 6.61 Å². The second kappa shape index (κ2) is 8.49. The average molecular weight is 329 g/mol. The maximum atomic E-state index is 11.9. The Morgan fingerprint density at radius 2 is 1.75 bits per heavy atom. The Morgan fingerprint density at radius 3 is 2.30 bits per heavy atom. The number of halogens is 4. The third-order valence-electron chi connectivity index (χ3n) is 2.60. The molecule has 7 heteroatoms. The van der Waals surface area contributed by atoms with E-state index in [0.717, 1.165) is 0 Å². The van der Waals surface area contributed by atoms with E-state index in [1.807, 2.05) is 0 Å². The molecule has 1 aromatic carbocycles. The van der Waals surface area contributed by atoms with Gasteiger partial charge in [-0.25, -0.2) is 8.78 Å². The van der Waals surface area contributed by atoms with E-state index >= 15 is 0 Å². The fraction of sp³-hybridized carbons (Fsp3) is 0.538. The molecule has 0 aromatic heterocycles. The summed E-state index contributed by atoms with van der Waals surface area (Å²) in [5.74, 6) is 1.00. The number of methoxy groups -OCH3 is 2. The molecule has 0 spiro atoms. The molecule has 3 nitrogen and oxygen atoms in total. The van der Waals surface area contributed by atoms with Gasteiger partial charge in [0.2, 0.25) is 0 Å². The molecule has 1 unspecified atom stereocenters. The van der Waals surface area contributed by atoms with Crippen LogP contribution in [0.25, 0.3) is 0 Å². The van der Waals surface area contributed by atoms with Gasteiger partial charge in [-0.3, -0.25) is 0 Å². The van der Waals surface area contributed by atoms with Crippen LogP contribution in [0.15, 0.2) is 12.1 Å². The Hall–Kier alpha value is -0.780. The molecule has 0 aliphatic rings. The summed E-state index contributed by atoms with van der Waals surface area (Å²) < 4.78 is 38.9. The van der Waals surface area contributed by atoms with Crippen molar-refractivity contribution in [2.75, 3.05) is 27.4 Å². The number of hydrogen-bond acceptors (Lipinski definition) is 3. The van der Waals surface area contributed by atoms with Crippen LogP contribution in [-0.4, -0.2) is 33.9 Å². The summed E-state index contributed by atoms with van der Waals surface area (Å²) in [6, 6.07) is 3.27. The summed E-state index contributed by atoms with van der Waals surface area (Å²) in [4.78, 5) is 0. The smallest absolute Gasteiger partial charge is 0.261 e. The summed E-state index contributed by atoms with van der Waals surface area (Å²) in [5.41, 5.74) is 0.645. The molecule has 20 heavy (non-hydrogen) atoms. The first-order chi connectivity index (χ1) is 9.49. The van der Waals surface area contributed by atoms with E-state index in [-0.39, 0.29) is 6.61 Å². The monoisotopic (exact) mass is 328 g/mol. The lowest BCUT2D eigenvalue weighted by molar-refractivity contribution is 0.0165. The fourth-order valence-electron chi connectivity index (χ4n) is 1.62. The quantitative estimate of drug-likeness (QED) is 0.525. The minimum atomic E-state index is -2.48. The number of hydrogen-bond donors (Lipinski definition) is 0. The third-order valence-corrected chi connectivity index (χ3v) is 3.38. The lowest BCUT2D eigenvalue weighted by Crippen LogP contribution is -2.07. The van der Waals surface area contributed by atoms with Crippen LogP contribution in [0.2, 0.25) is 5.02 Å². The predicted octanol–water partition coefficient (Wildman–Crippen LogP) is 4.31. The normalized spacial score (nSPS) is 12.6. The number of ether oxygens (including phenoxy) is 3. The predicted molar refractivity (Wildman–Crippen MR) is 74.6 cm³/mol. The van der Waals surface area contributed by atoms with Gasteiger partial charge >= 0.3 is 0 Å². The average Bonchev–Trinajstić information content (AvgIpc) is 2.42. The van der Waals surface area contributed by atoms with Crippen LogP contribution >= 0.6 is 23.2 Å². The summed E-state index contributed by atoms with van der Waals surface area (Å²) >= 11 is 12.3. The van der Waals surface area contributed by atoms with Gasteiger partial charge in [-0.1, -0.05) is 11.6 Å². The van der Waals surface area contributed by atoms with Crippen LogP contribution in [0.1, 0.15) is 17.4 Å². The highest BCUT2D eigenvalue weighted by Gasteiger charge is 2.16. The second-order valence-electron chi connectivity index (χ2n) is 3.95. The maximum absolute atomic E-state index is 11.9. The standard InChI is InChI=1S/C13H16Cl2F2O3/c1-18-11-5-8(10(15)6-12(11)19-2)9(14)3-4-20-7-13(16)17/h5-6,9,13H,3-4,7H2,1-2H3. The van der Waals surface area contributed by atoms with E-state index in [4.69, 9.17) is 37.4 Å². The molecule has 0 bridgehead atoms. The van der Waals surface area contributed by atoms with Crippen molar-refractivity contribution >= 4 is 23.2 Å². The number of rotatable bonds is 8. The third kappa shape index (κ3) is 4.96. The van der Waals surface area contributed by atoms with Crippen LogP contribution < -0.4 is 9.47 Å². The first-order valence-electron chi connectivity index (χ1n) is 5.91. The summed E-state index contributed by atoms with van der Waals surface area (Å²) in [5, 5.41) is -0.0310. The van der Waals surface area contributed by atoms with E-state index in [9.17, 15) is 8.78 Å². The summed E-state index contributed by atoms with van der Waals surface area (Å²) in [6.45, 7) is -0.466. The molecule has 1 atom stereocenters. The topological polar surface area (TPSA) is 27.7 Å². The largest absolute Gasteiger partial charge is 0.493 e. The summed E-state index contributed by atoms with van der Waals surface area (Å²) in [6.07, 6.45) is -2.11. The van der Waals surface area contributed by atoms with Gasteiger partial charge in [0.05, 0.1) is 19.6 Å². The van der Waals surface area contributed by atoms with Crippen LogP contribution in [0, 0.1) is 0 Å². The van der Waals surface area contributed by atoms with Gasteiger partial charge in [-0.15, -0.1) is 11.6 Å². The highest BCUT2D eigenvalue weighted by molar-refractivity contribution is 6.33. The molecule has 0 saturated carbocycles. The minimum absolute atomic E-state index is 0.128. The van der Waals surface area contributed by atoms with Gasteiger partial charge in [0.25, 0.3) is 6.43 Å². The van der Waals surface area contributed by atoms with E-state index in [0.29, 0.717) is 28.5 Å². The van der Waals surface area contributed by atoms with Gasteiger partial charge in [0.15, 0.2) is 11.5 Å². The lowest BCUT2D eigenvalue weighted by Gasteiger charge is -2.15. The molecular formula is C13H16Cl2F2O3. The number of benzene rings is 1. The van der Waals surface area contributed by atoms with Crippen molar-refractivity contribution in [3.05, 3.63) is 22.7 Å². The van der Waals surface area contributed by atoms with E-state index in [2.05, 4.69) is 0 Å². The van der Waals surface area contributed by atoms with Crippen molar-refractivity contribution in [3.8, 4) is 11.5 Å². The molecule has 1 aromatic rings.